The van der Waals surface area contributed by atoms with E-state index in [4.69, 9.17) is 22.3 Å². The summed E-state index contributed by atoms with van der Waals surface area (Å²) in [6.07, 6.45) is 3.48. The third-order valence-electron chi connectivity index (χ3n) is 4.06. The monoisotopic (exact) mass is 277 g/mol. The van der Waals surface area contributed by atoms with E-state index in [1.54, 1.807) is 0 Å². The molecular weight excluding hydrogens is 258 g/mol. The van der Waals surface area contributed by atoms with E-state index >= 15 is 0 Å². The largest absolute Gasteiger partial charge is 0.326 e. The summed E-state index contributed by atoms with van der Waals surface area (Å²) in [6.45, 7) is 5.22. The van der Waals surface area contributed by atoms with E-state index in [-0.39, 0.29) is 5.54 Å². The number of benzene rings is 1. The van der Waals surface area contributed by atoms with Gasteiger partial charge in [-0.2, -0.15) is 0 Å². The number of rotatable bonds is 4. The predicted octanol–water partition coefficient (Wildman–Crippen LogP) is 3.68. The van der Waals surface area contributed by atoms with Crippen LogP contribution in [0.5, 0.6) is 0 Å². The highest BCUT2D eigenvalue weighted by Crippen LogP contribution is 2.44. The van der Waals surface area contributed by atoms with Gasteiger partial charge in [0.1, 0.15) is 5.82 Å². The summed E-state index contributed by atoms with van der Waals surface area (Å²) in [4.78, 5) is 4.78. The smallest absolute Gasteiger partial charge is 0.130 e. The third kappa shape index (κ3) is 2.15. The van der Waals surface area contributed by atoms with Gasteiger partial charge in [-0.25, -0.2) is 4.98 Å². The van der Waals surface area contributed by atoms with Gasteiger partial charge in [0.25, 0.3) is 0 Å². The van der Waals surface area contributed by atoms with Crippen LogP contribution in [-0.4, -0.2) is 9.55 Å². The molecular formula is C15H20ClN3. The number of aryl methyl sites for hydroxylation is 1. The number of hydrogen-bond donors (Lipinski definition) is 1. The molecule has 1 unspecified atom stereocenters. The normalized spacial score (nSPS) is 18.7. The molecule has 102 valence electrons. The van der Waals surface area contributed by atoms with Gasteiger partial charge in [0.15, 0.2) is 0 Å². The predicted molar refractivity (Wildman–Crippen MR) is 79.3 cm³/mol. The van der Waals surface area contributed by atoms with Crippen molar-refractivity contribution in [2.45, 2.75) is 45.2 Å². The minimum atomic E-state index is -0.333. The van der Waals surface area contributed by atoms with E-state index in [2.05, 4.69) is 18.4 Å². The van der Waals surface area contributed by atoms with Crippen molar-refractivity contribution < 1.29 is 0 Å². The fraction of sp³-hybridized carbons (Fsp3) is 0.533. The molecule has 0 radical (unpaired) electrons. The van der Waals surface area contributed by atoms with Crippen molar-refractivity contribution in [2.24, 2.45) is 11.7 Å². The van der Waals surface area contributed by atoms with Crippen LogP contribution in [0.2, 0.25) is 5.02 Å². The molecule has 1 fully saturated rings. The standard InChI is InChI=1S/C15H20ClN3/c1-3-8-19-13-9-11(16)6-7-12(13)18-14(19)15(2,17)10-4-5-10/h6-7,9-10H,3-5,8,17H2,1-2H3. The summed E-state index contributed by atoms with van der Waals surface area (Å²) in [6, 6.07) is 5.87. The Hall–Kier alpha value is -1.06. The summed E-state index contributed by atoms with van der Waals surface area (Å²) < 4.78 is 2.25. The molecule has 1 atom stereocenters. The second kappa shape index (κ2) is 4.50. The molecule has 0 aliphatic heterocycles. The van der Waals surface area contributed by atoms with Gasteiger partial charge in [0.05, 0.1) is 16.6 Å². The Balaban J connectivity index is 2.19. The number of aromatic nitrogens is 2. The molecule has 1 heterocycles. The average Bonchev–Trinajstić information content (AvgIpc) is 3.15. The van der Waals surface area contributed by atoms with Crippen molar-refractivity contribution >= 4 is 22.6 Å². The van der Waals surface area contributed by atoms with Gasteiger partial charge < -0.3 is 10.3 Å². The van der Waals surface area contributed by atoms with Gasteiger partial charge in [0, 0.05) is 11.6 Å². The zero-order chi connectivity index (χ0) is 13.6. The third-order valence-corrected chi connectivity index (χ3v) is 4.30. The van der Waals surface area contributed by atoms with Crippen LogP contribution in [0.4, 0.5) is 0 Å². The molecule has 0 saturated heterocycles. The van der Waals surface area contributed by atoms with Crippen LogP contribution in [0.15, 0.2) is 18.2 Å². The summed E-state index contributed by atoms with van der Waals surface area (Å²) in [5, 5.41) is 0.751. The molecule has 1 aliphatic rings. The molecule has 0 bridgehead atoms. The first kappa shape index (κ1) is 12.9. The number of nitrogens with zero attached hydrogens (tertiary/aromatic N) is 2. The molecule has 1 aromatic heterocycles. The Kier molecular flexibility index (Phi) is 3.06. The maximum Gasteiger partial charge on any atom is 0.130 e. The zero-order valence-electron chi connectivity index (χ0n) is 11.5. The molecule has 3 rings (SSSR count). The SMILES string of the molecule is CCCn1c(C(C)(N)C2CC2)nc2ccc(Cl)cc21. The lowest BCUT2D eigenvalue weighted by Crippen LogP contribution is -2.38. The molecule has 1 saturated carbocycles. The molecule has 3 nitrogen and oxygen atoms in total. The molecule has 0 amide bonds. The van der Waals surface area contributed by atoms with Crippen LogP contribution in [0.3, 0.4) is 0 Å². The Labute approximate surface area is 118 Å². The molecule has 2 N–H and O–H groups in total. The number of nitrogens with two attached hydrogens (primary N) is 1. The number of halogens is 1. The van der Waals surface area contributed by atoms with Crippen LogP contribution in [0.25, 0.3) is 11.0 Å². The fourth-order valence-corrected chi connectivity index (χ4v) is 2.99. The maximum atomic E-state index is 6.56. The van der Waals surface area contributed by atoms with E-state index in [1.165, 1.54) is 12.8 Å². The lowest BCUT2D eigenvalue weighted by molar-refractivity contribution is 0.382. The minimum Gasteiger partial charge on any atom is -0.326 e. The molecule has 19 heavy (non-hydrogen) atoms. The zero-order valence-corrected chi connectivity index (χ0v) is 12.2. The van der Waals surface area contributed by atoms with E-state index in [9.17, 15) is 0 Å². The first-order chi connectivity index (χ1) is 9.04. The van der Waals surface area contributed by atoms with Gasteiger partial charge in [-0.05, 0) is 50.3 Å². The second-order valence-corrected chi connectivity index (χ2v) is 6.21. The number of hydrogen-bond acceptors (Lipinski definition) is 2. The molecule has 4 heteroatoms. The Morgan fingerprint density at radius 1 is 1.47 bits per heavy atom. The number of imidazole rings is 1. The van der Waals surface area contributed by atoms with Crippen LogP contribution in [0.1, 0.15) is 38.9 Å². The van der Waals surface area contributed by atoms with Gasteiger partial charge in [-0.15, -0.1) is 0 Å². The Morgan fingerprint density at radius 2 is 2.21 bits per heavy atom. The first-order valence-corrected chi connectivity index (χ1v) is 7.37. The van der Waals surface area contributed by atoms with Crippen LogP contribution >= 0.6 is 11.6 Å². The molecule has 1 aromatic carbocycles. The summed E-state index contributed by atoms with van der Waals surface area (Å²) >= 11 is 6.12. The second-order valence-electron chi connectivity index (χ2n) is 5.78. The van der Waals surface area contributed by atoms with Crippen LogP contribution in [0, 0.1) is 5.92 Å². The summed E-state index contributed by atoms with van der Waals surface area (Å²) in [5.74, 6) is 1.57. The topological polar surface area (TPSA) is 43.8 Å². The average molecular weight is 278 g/mol. The van der Waals surface area contributed by atoms with Gasteiger partial charge in [0.2, 0.25) is 0 Å². The summed E-state index contributed by atoms with van der Waals surface area (Å²) in [5.41, 5.74) is 8.32. The lowest BCUT2D eigenvalue weighted by Gasteiger charge is -2.25. The van der Waals surface area contributed by atoms with E-state index < -0.39 is 0 Å². The minimum absolute atomic E-state index is 0.333. The Morgan fingerprint density at radius 3 is 2.84 bits per heavy atom. The van der Waals surface area contributed by atoms with Crippen molar-refractivity contribution in [1.82, 2.24) is 9.55 Å². The summed E-state index contributed by atoms with van der Waals surface area (Å²) in [7, 11) is 0. The van der Waals surface area contributed by atoms with Crippen molar-refractivity contribution in [2.75, 3.05) is 0 Å². The highest BCUT2D eigenvalue weighted by Gasteiger charge is 2.43. The van der Waals surface area contributed by atoms with E-state index in [0.717, 1.165) is 34.8 Å². The number of fused-ring (bicyclic) bond motifs is 1. The molecule has 2 aromatic rings. The van der Waals surface area contributed by atoms with Gasteiger partial charge in [-0.3, -0.25) is 0 Å². The highest BCUT2D eigenvalue weighted by atomic mass is 35.5. The van der Waals surface area contributed by atoms with Crippen LogP contribution < -0.4 is 5.73 Å². The fourth-order valence-electron chi connectivity index (χ4n) is 2.82. The van der Waals surface area contributed by atoms with E-state index in [0.29, 0.717) is 5.92 Å². The van der Waals surface area contributed by atoms with Crippen molar-refractivity contribution in [3.8, 4) is 0 Å². The van der Waals surface area contributed by atoms with Gasteiger partial charge >= 0.3 is 0 Å². The maximum absolute atomic E-state index is 6.56. The quantitative estimate of drug-likeness (QED) is 0.926. The Bertz CT molecular complexity index is 611. The van der Waals surface area contributed by atoms with Crippen LogP contribution in [-0.2, 0) is 12.1 Å². The first-order valence-electron chi connectivity index (χ1n) is 6.99. The van der Waals surface area contributed by atoms with E-state index in [1.807, 2.05) is 18.2 Å². The van der Waals surface area contributed by atoms with Crippen molar-refractivity contribution in [3.63, 3.8) is 0 Å². The molecule has 0 spiro atoms. The highest BCUT2D eigenvalue weighted by molar-refractivity contribution is 6.31. The van der Waals surface area contributed by atoms with Crippen molar-refractivity contribution in [3.05, 3.63) is 29.0 Å². The lowest BCUT2D eigenvalue weighted by atomic mass is 9.96. The molecule has 1 aliphatic carbocycles. The van der Waals surface area contributed by atoms with Crippen molar-refractivity contribution in [1.29, 1.82) is 0 Å². The van der Waals surface area contributed by atoms with Gasteiger partial charge in [-0.1, -0.05) is 18.5 Å².